The summed E-state index contributed by atoms with van der Waals surface area (Å²) in [4.78, 5) is 20.0. The maximum Gasteiger partial charge on any atom is 0.225 e. The van der Waals surface area contributed by atoms with Crippen molar-refractivity contribution in [2.24, 2.45) is 4.99 Å². The second-order valence-electron chi connectivity index (χ2n) is 5.78. The van der Waals surface area contributed by atoms with Crippen molar-refractivity contribution in [1.29, 1.82) is 0 Å². The van der Waals surface area contributed by atoms with E-state index < -0.39 is 0 Å². The van der Waals surface area contributed by atoms with E-state index in [1.807, 2.05) is 24.3 Å². The Morgan fingerprint density at radius 1 is 1.32 bits per heavy atom. The van der Waals surface area contributed by atoms with Crippen LogP contribution in [0.1, 0.15) is 23.6 Å². The van der Waals surface area contributed by atoms with Crippen LogP contribution in [0.2, 0.25) is 0 Å². The summed E-state index contributed by atoms with van der Waals surface area (Å²) >= 11 is 0. The largest absolute Gasteiger partial charge is 0.356 e. The fourth-order valence-corrected chi connectivity index (χ4v) is 2.84. The van der Waals surface area contributed by atoms with Crippen LogP contribution in [0.15, 0.2) is 47.6 Å². The molecule has 130 valence electrons. The van der Waals surface area contributed by atoms with Crippen LogP contribution in [0.4, 0.5) is 10.1 Å². The second-order valence-corrected chi connectivity index (χ2v) is 5.78. The molecule has 2 aromatic rings. The molecule has 25 heavy (non-hydrogen) atoms. The van der Waals surface area contributed by atoms with Gasteiger partial charge in [0.1, 0.15) is 5.82 Å². The van der Waals surface area contributed by atoms with Crippen molar-refractivity contribution in [1.82, 2.24) is 15.6 Å². The van der Waals surface area contributed by atoms with Gasteiger partial charge < -0.3 is 16.0 Å². The lowest BCUT2D eigenvalue weighted by Gasteiger charge is -2.26. The molecule has 1 aliphatic rings. The van der Waals surface area contributed by atoms with Gasteiger partial charge >= 0.3 is 0 Å². The summed E-state index contributed by atoms with van der Waals surface area (Å²) in [5.74, 6) is 0.232. The zero-order valence-electron chi connectivity index (χ0n) is 13.9. The number of hydrogen-bond donors (Lipinski definition) is 3. The predicted octanol–water partition coefficient (Wildman–Crippen LogP) is 2.01. The monoisotopic (exact) mass is 341 g/mol. The normalized spacial score (nSPS) is 16.8. The minimum absolute atomic E-state index is 0.00371. The van der Waals surface area contributed by atoms with Gasteiger partial charge in [-0.1, -0.05) is 18.2 Å². The Kier molecular flexibility index (Phi) is 5.23. The number of pyridine rings is 1. The minimum atomic E-state index is -0.358. The molecule has 1 unspecified atom stereocenters. The zero-order chi connectivity index (χ0) is 17.6. The number of halogens is 1. The number of nitrogens with zero attached hydrogens (tertiary/aromatic N) is 2. The summed E-state index contributed by atoms with van der Waals surface area (Å²) in [6.07, 6.45) is 1.96. The Morgan fingerprint density at radius 3 is 2.96 bits per heavy atom. The molecular weight excluding hydrogens is 321 g/mol. The molecule has 3 rings (SSSR count). The van der Waals surface area contributed by atoms with Crippen molar-refractivity contribution < 1.29 is 9.18 Å². The third kappa shape index (κ3) is 4.12. The molecule has 6 nitrogen and oxygen atoms in total. The summed E-state index contributed by atoms with van der Waals surface area (Å²) in [6.45, 7) is 0.781. The van der Waals surface area contributed by atoms with E-state index in [2.05, 4.69) is 25.9 Å². The highest BCUT2D eigenvalue weighted by Crippen LogP contribution is 2.31. The quantitative estimate of drug-likeness (QED) is 0.587. The second kappa shape index (κ2) is 7.74. The van der Waals surface area contributed by atoms with Crippen molar-refractivity contribution >= 4 is 17.6 Å². The number of aromatic nitrogens is 1. The van der Waals surface area contributed by atoms with Crippen LogP contribution in [-0.2, 0) is 11.3 Å². The summed E-state index contributed by atoms with van der Waals surface area (Å²) in [5.41, 5.74) is 2.28. The first-order valence-electron chi connectivity index (χ1n) is 8.10. The molecule has 1 aromatic carbocycles. The van der Waals surface area contributed by atoms with E-state index in [9.17, 15) is 9.18 Å². The zero-order valence-corrected chi connectivity index (χ0v) is 13.9. The number of para-hydroxylation sites is 1. The molecular formula is C18H20FN5O. The minimum Gasteiger partial charge on any atom is -0.356 e. The molecule has 0 radical (unpaired) electrons. The van der Waals surface area contributed by atoms with Crippen LogP contribution in [0.25, 0.3) is 0 Å². The Bertz CT molecular complexity index is 793. The van der Waals surface area contributed by atoms with E-state index in [0.29, 0.717) is 24.6 Å². The molecule has 1 aromatic heterocycles. The van der Waals surface area contributed by atoms with E-state index in [1.165, 1.54) is 6.07 Å². The molecule has 7 heteroatoms. The van der Waals surface area contributed by atoms with Crippen molar-refractivity contribution in [3.8, 4) is 0 Å². The first-order valence-corrected chi connectivity index (χ1v) is 8.10. The molecule has 0 bridgehead atoms. The van der Waals surface area contributed by atoms with Gasteiger partial charge in [-0.25, -0.2) is 4.39 Å². The average molecular weight is 341 g/mol. The Morgan fingerprint density at radius 2 is 2.16 bits per heavy atom. The topological polar surface area (TPSA) is 78.4 Å². The standard InChI is InChI=1S/C18H20FN5O/c1-20-18(23-11-16-14(19)6-4-8-21-16)22-10-12-9-17(25)24-15-7-3-2-5-13(12)15/h2-8,12H,9-11H2,1H3,(H,24,25)(H2,20,22,23). The number of guanidine groups is 1. The van der Waals surface area contributed by atoms with Crippen LogP contribution < -0.4 is 16.0 Å². The summed E-state index contributed by atoms with van der Waals surface area (Å²) in [5, 5.41) is 9.12. The van der Waals surface area contributed by atoms with Crippen molar-refractivity contribution in [3.05, 3.63) is 59.7 Å². The average Bonchev–Trinajstić information content (AvgIpc) is 2.62. The van der Waals surface area contributed by atoms with E-state index >= 15 is 0 Å². The van der Waals surface area contributed by atoms with Crippen LogP contribution in [0.5, 0.6) is 0 Å². The van der Waals surface area contributed by atoms with Gasteiger partial charge in [-0.05, 0) is 23.8 Å². The predicted molar refractivity (Wildman–Crippen MR) is 94.8 cm³/mol. The number of nitrogens with one attached hydrogen (secondary N) is 3. The van der Waals surface area contributed by atoms with E-state index in [1.54, 1.807) is 19.3 Å². The van der Waals surface area contributed by atoms with Gasteiger partial charge in [-0.2, -0.15) is 0 Å². The molecule has 0 saturated carbocycles. The first kappa shape index (κ1) is 16.9. The molecule has 0 spiro atoms. The third-order valence-electron chi connectivity index (χ3n) is 4.10. The lowest BCUT2D eigenvalue weighted by atomic mass is 9.90. The van der Waals surface area contributed by atoms with Crippen molar-refractivity contribution in [3.63, 3.8) is 0 Å². The number of rotatable bonds is 4. The van der Waals surface area contributed by atoms with E-state index in [-0.39, 0.29) is 24.2 Å². The van der Waals surface area contributed by atoms with Gasteiger partial charge in [0.2, 0.25) is 5.91 Å². The maximum absolute atomic E-state index is 13.6. The van der Waals surface area contributed by atoms with E-state index in [4.69, 9.17) is 0 Å². The molecule has 1 atom stereocenters. The number of aliphatic imine (C=N–C) groups is 1. The molecule has 0 saturated heterocycles. The smallest absolute Gasteiger partial charge is 0.225 e. The van der Waals surface area contributed by atoms with Gasteiger partial charge in [-0.3, -0.25) is 14.8 Å². The third-order valence-corrected chi connectivity index (χ3v) is 4.10. The van der Waals surface area contributed by atoms with Crippen molar-refractivity contribution in [2.75, 3.05) is 18.9 Å². The highest BCUT2D eigenvalue weighted by Gasteiger charge is 2.24. The van der Waals surface area contributed by atoms with Crippen LogP contribution in [0, 0.1) is 5.82 Å². The number of carbonyl (C=O) groups excluding carboxylic acids is 1. The maximum atomic E-state index is 13.6. The van der Waals surface area contributed by atoms with Crippen LogP contribution in [0.3, 0.4) is 0 Å². The lowest BCUT2D eigenvalue weighted by Crippen LogP contribution is -2.40. The van der Waals surface area contributed by atoms with Gasteiger partial charge in [0, 0.05) is 37.8 Å². The highest BCUT2D eigenvalue weighted by atomic mass is 19.1. The summed E-state index contributed by atoms with van der Waals surface area (Å²) in [6, 6.07) is 10.7. The molecule has 0 fully saturated rings. The van der Waals surface area contributed by atoms with Gasteiger partial charge in [0.05, 0.1) is 12.2 Å². The van der Waals surface area contributed by atoms with Gasteiger partial charge in [0.25, 0.3) is 0 Å². The Hall–Kier alpha value is -2.96. The van der Waals surface area contributed by atoms with Gasteiger partial charge in [-0.15, -0.1) is 0 Å². The number of fused-ring (bicyclic) bond motifs is 1. The SMILES string of the molecule is CN=C(NCc1ncccc1F)NCC1CC(=O)Nc2ccccc21. The van der Waals surface area contributed by atoms with E-state index in [0.717, 1.165) is 11.3 Å². The lowest BCUT2D eigenvalue weighted by molar-refractivity contribution is -0.116. The number of amides is 1. The summed E-state index contributed by atoms with van der Waals surface area (Å²) < 4.78 is 13.6. The molecule has 0 aliphatic carbocycles. The fraction of sp³-hybridized carbons (Fsp3) is 0.278. The molecule has 1 aliphatic heterocycles. The molecule has 1 amide bonds. The van der Waals surface area contributed by atoms with Crippen molar-refractivity contribution in [2.45, 2.75) is 18.9 Å². The number of anilines is 1. The Balaban J connectivity index is 1.60. The first-order chi connectivity index (χ1) is 12.2. The number of hydrogen-bond acceptors (Lipinski definition) is 3. The van der Waals surface area contributed by atoms with Gasteiger partial charge in [0.15, 0.2) is 5.96 Å². The van der Waals surface area contributed by atoms with Crippen LogP contribution >= 0.6 is 0 Å². The van der Waals surface area contributed by atoms with Crippen LogP contribution in [-0.4, -0.2) is 30.4 Å². The highest BCUT2D eigenvalue weighted by molar-refractivity contribution is 5.94. The Labute approximate surface area is 145 Å². The number of carbonyl (C=O) groups is 1. The molecule has 2 heterocycles. The molecule has 3 N–H and O–H groups in total. The summed E-state index contributed by atoms with van der Waals surface area (Å²) in [7, 11) is 1.64. The fourth-order valence-electron chi connectivity index (χ4n) is 2.84. The number of benzene rings is 1.